The first-order valence-electron chi connectivity index (χ1n) is 5.49. The van der Waals surface area contributed by atoms with E-state index in [1.807, 2.05) is 23.7 Å². The van der Waals surface area contributed by atoms with E-state index in [1.165, 1.54) is 0 Å². The molecule has 92 valence electrons. The molecule has 0 fully saturated rings. The van der Waals surface area contributed by atoms with Crippen LogP contribution in [0.2, 0.25) is 0 Å². The van der Waals surface area contributed by atoms with Crippen molar-refractivity contribution >= 4 is 27.4 Å². The maximum Gasteiger partial charge on any atom is 0.180 e. The fourth-order valence-corrected chi connectivity index (χ4v) is 2.18. The Kier molecular flexibility index (Phi) is 2.75. The maximum atomic E-state index is 4.40. The van der Waals surface area contributed by atoms with Gasteiger partial charge >= 0.3 is 0 Å². The number of H-pyrrole nitrogens is 1. The molecule has 0 bridgehead atoms. The molecule has 1 unspecified atom stereocenters. The van der Waals surface area contributed by atoms with Gasteiger partial charge in [-0.3, -0.25) is 0 Å². The molecule has 0 amide bonds. The lowest BCUT2D eigenvalue weighted by Crippen LogP contribution is -2.11. The van der Waals surface area contributed by atoms with E-state index >= 15 is 0 Å². The lowest BCUT2D eigenvalue weighted by atomic mass is 10.3. The summed E-state index contributed by atoms with van der Waals surface area (Å²) < 4.78 is 2.66. The Morgan fingerprint density at radius 2 is 2.28 bits per heavy atom. The number of imidazole rings is 2. The van der Waals surface area contributed by atoms with Gasteiger partial charge in [-0.25, -0.2) is 15.0 Å². The summed E-state index contributed by atoms with van der Waals surface area (Å²) in [7, 11) is 0. The molecule has 0 saturated carbocycles. The van der Waals surface area contributed by atoms with Crippen LogP contribution < -0.4 is 5.32 Å². The highest BCUT2D eigenvalue weighted by Gasteiger charge is 2.12. The van der Waals surface area contributed by atoms with E-state index in [0.29, 0.717) is 0 Å². The van der Waals surface area contributed by atoms with Crippen molar-refractivity contribution in [1.29, 1.82) is 0 Å². The maximum absolute atomic E-state index is 4.40. The molecule has 2 N–H and O–H groups in total. The molecule has 3 aromatic rings. The summed E-state index contributed by atoms with van der Waals surface area (Å²) in [6.45, 7) is 2.01. The average molecular weight is 307 g/mol. The van der Waals surface area contributed by atoms with Crippen LogP contribution in [0, 0.1) is 0 Å². The van der Waals surface area contributed by atoms with Crippen LogP contribution in [0.15, 0.2) is 35.6 Å². The van der Waals surface area contributed by atoms with E-state index < -0.39 is 0 Å². The molecular weight excluding hydrogens is 296 g/mol. The number of nitrogens with zero attached hydrogens (tertiary/aromatic N) is 4. The zero-order chi connectivity index (χ0) is 12.5. The minimum absolute atomic E-state index is 0.0299. The van der Waals surface area contributed by atoms with Crippen molar-refractivity contribution in [3.63, 3.8) is 0 Å². The average Bonchev–Trinajstić information content (AvgIpc) is 2.98. The van der Waals surface area contributed by atoms with Crippen molar-refractivity contribution in [2.45, 2.75) is 13.0 Å². The molecule has 0 aliphatic rings. The molecule has 0 aliphatic carbocycles. The number of anilines is 1. The van der Waals surface area contributed by atoms with E-state index in [1.54, 1.807) is 18.6 Å². The van der Waals surface area contributed by atoms with Crippen LogP contribution in [0.3, 0.4) is 0 Å². The molecule has 0 spiro atoms. The molecule has 3 heterocycles. The summed E-state index contributed by atoms with van der Waals surface area (Å²) in [6, 6.07) is 0.0299. The highest BCUT2D eigenvalue weighted by Crippen LogP contribution is 2.21. The van der Waals surface area contributed by atoms with Crippen LogP contribution >= 0.6 is 15.9 Å². The quantitative estimate of drug-likeness (QED) is 0.779. The summed E-state index contributed by atoms with van der Waals surface area (Å²) in [5, 5.41) is 3.30. The van der Waals surface area contributed by atoms with Crippen LogP contribution in [0.5, 0.6) is 0 Å². The Balaban J connectivity index is 1.97. The number of fused-ring (bicyclic) bond motifs is 1. The summed E-state index contributed by atoms with van der Waals surface area (Å²) in [5.41, 5.74) is 0.789. The monoisotopic (exact) mass is 306 g/mol. The van der Waals surface area contributed by atoms with Gasteiger partial charge in [-0.2, -0.15) is 0 Å². The summed E-state index contributed by atoms with van der Waals surface area (Å²) in [5.74, 6) is 1.58. The zero-order valence-electron chi connectivity index (χ0n) is 9.63. The van der Waals surface area contributed by atoms with Crippen molar-refractivity contribution in [3.8, 4) is 0 Å². The van der Waals surface area contributed by atoms with E-state index in [0.717, 1.165) is 21.9 Å². The van der Waals surface area contributed by atoms with Crippen molar-refractivity contribution in [2.75, 3.05) is 5.32 Å². The van der Waals surface area contributed by atoms with Crippen molar-refractivity contribution in [3.05, 3.63) is 41.4 Å². The molecule has 6 nitrogen and oxygen atoms in total. The van der Waals surface area contributed by atoms with Gasteiger partial charge in [0.1, 0.15) is 10.4 Å². The second-order valence-corrected chi connectivity index (χ2v) is 4.72. The Morgan fingerprint density at radius 1 is 1.39 bits per heavy atom. The molecule has 7 heteroatoms. The molecule has 3 aromatic heterocycles. The highest BCUT2D eigenvalue weighted by molar-refractivity contribution is 9.10. The third kappa shape index (κ3) is 1.97. The number of nitrogens with one attached hydrogen (secondary N) is 2. The molecule has 0 aliphatic heterocycles. The Bertz CT molecular complexity index is 659. The minimum atomic E-state index is 0.0299. The summed E-state index contributed by atoms with van der Waals surface area (Å²) in [4.78, 5) is 16.0. The predicted molar refractivity (Wildman–Crippen MR) is 71.3 cm³/mol. The number of aromatic amines is 1. The lowest BCUT2D eigenvalue weighted by molar-refractivity contribution is 0.802. The Morgan fingerprint density at radius 3 is 3.06 bits per heavy atom. The number of aromatic nitrogens is 5. The van der Waals surface area contributed by atoms with Crippen molar-refractivity contribution < 1.29 is 0 Å². The molecule has 0 radical (unpaired) electrons. The number of rotatable bonds is 3. The number of hydrogen-bond acceptors (Lipinski definition) is 4. The topological polar surface area (TPSA) is 70.9 Å². The van der Waals surface area contributed by atoms with Gasteiger partial charge in [0, 0.05) is 31.0 Å². The smallest absolute Gasteiger partial charge is 0.180 e. The second kappa shape index (κ2) is 4.41. The summed E-state index contributed by atoms with van der Waals surface area (Å²) >= 11 is 3.38. The fourth-order valence-electron chi connectivity index (χ4n) is 1.79. The normalized spacial score (nSPS) is 12.8. The highest BCUT2D eigenvalue weighted by atomic mass is 79.9. The van der Waals surface area contributed by atoms with Crippen molar-refractivity contribution in [2.24, 2.45) is 0 Å². The van der Waals surface area contributed by atoms with E-state index in [2.05, 4.69) is 41.2 Å². The van der Waals surface area contributed by atoms with E-state index in [-0.39, 0.29) is 6.04 Å². The van der Waals surface area contributed by atoms with Crippen LogP contribution in [-0.2, 0) is 0 Å². The molecule has 18 heavy (non-hydrogen) atoms. The molecule has 0 aromatic carbocycles. The standard InChI is InChI=1S/C11H11BrN6/c1-7(9-13-2-3-14-9)16-10-11-15-4-5-18(11)6-8(12)17-10/h2-7H,1H3,(H,13,14)(H,16,17). The molecular formula is C11H11BrN6. The first-order chi connectivity index (χ1) is 8.74. The zero-order valence-corrected chi connectivity index (χ0v) is 11.2. The van der Waals surface area contributed by atoms with E-state index in [9.17, 15) is 0 Å². The number of halogens is 1. The van der Waals surface area contributed by atoms with Crippen molar-refractivity contribution in [1.82, 2.24) is 24.3 Å². The third-order valence-electron chi connectivity index (χ3n) is 2.63. The fraction of sp³-hybridized carbons (Fsp3) is 0.182. The first-order valence-corrected chi connectivity index (χ1v) is 6.28. The van der Waals surface area contributed by atoms with Gasteiger partial charge in [-0.1, -0.05) is 0 Å². The van der Waals surface area contributed by atoms with E-state index in [4.69, 9.17) is 0 Å². The van der Waals surface area contributed by atoms with Gasteiger partial charge in [0.05, 0.1) is 6.04 Å². The molecule has 1 atom stereocenters. The van der Waals surface area contributed by atoms with Gasteiger partial charge in [0.25, 0.3) is 0 Å². The molecule has 3 rings (SSSR count). The predicted octanol–water partition coefficient (Wildman–Crippen LogP) is 2.39. The second-order valence-electron chi connectivity index (χ2n) is 3.91. The van der Waals surface area contributed by atoms with Gasteiger partial charge in [0.15, 0.2) is 11.5 Å². The Hall–Kier alpha value is -1.89. The lowest BCUT2D eigenvalue weighted by Gasteiger charge is -2.13. The van der Waals surface area contributed by atoms with Crippen LogP contribution in [0.25, 0.3) is 5.65 Å². The first kappa shape index (κ1) is 11.2. The van der Waals surface area contributed by atoms with Crippen LogP contribution in [0.1, 0.15) is 18.8 Å². The SMILES string of the molecule is CC(Nc1nc(Br)cn2ccnc12)c1ncc[nH]1. The van der Waals surface area contributed by atoms with Crippen LogP contribution in [0.4, 0.5) is 5.82 Å². The number of hydrogen-bond donors (Lipinski definition) is 2. The summed E-state index contributed by atoms with van der Waals surface area (Å²) in [6.07, 6.45) is 9.02. The Labute approximate surface area is 112 Å². The molecule has 0 saturated heterocycles. The van der Waals surface area contributed by atoms with Gasteiger partial charge in [-0.15, -0.1) is 0 Å². The third-order valence-corrected chi connectivity index (χ3v) is 3.01. The van der Waals surface area contributed by atoms with Gasteiger partial charge in [0.2, 0.25) is 0 Å². The van der Waals surface area contributed by atoms with Gasteiger partial charge < -0.3 is 14.7 Å². The largest absolute Gasteiger partial charge is 0.357 e. The minimum Gasteiger partial charge on any atom is -0.357 e. The van der Waals surface area contributed by atoms with Crippen LogP contribution in [-0.4, -0.2) is 24.3 Å². The van der Waals surface area contributed by atoms with Gasteiger partial charge in [-0.05, 0) is 22.9 Å².